The summed E-state index contributed by atoms with van der Waals surface area (Å²) < 4.78 is 53.9. The van der Waals surface area contributed by atoms with Gasteiger partial charge in [-0.05, 0) is 81.5 Å². The van der Waals surface area contributed by atoms with Gasteiger partial charge in [-0.1, -0.05) is 6.07 Å². The summed E-state index contributed by atoms with van der Waals surface area (Å²) in [6, 6.07) is 9.37. The predicted octanol–water partition coefficient (Wildman–Crippen LogP) is 6.21. The molecule has 2 aliphatic heterocycles. The van der Waals surface area contributed by atoms with Gasteiger partial charge >= 0.3 is 6.18 Å². The second kappa shape index (κ2) is 8.18. The lowest BCUT2D eigenvalue weighted by Gasteiger charge is -2.47. The van der Waals surface area contributed by atoms with Gasteiger partial charge in [0.2, 0.25) is 0 Å². The molecule has 0 unspecified atom stereocenters. The van der Waals surface area contributed by atoms with Crippen LogP contribution < -0.4 is 0 Å². The fourth-order valence-corrected chi connectivity index (χ4v) is 5.35. The molecular formula is C26H23F4N3O. The van der Waals surface area contributed by atoms with Crippen molar-refractivity contribution in [3.8, 4) is 11.3 Å². The van der Waals surface area contributed by atoms with Crippen LogP contribution in [-0.4, -0.2) is 26.8 Å². The van der Waals surface area contributed by atoms with E-state index < -0.39 is 17.6 Å². The summed E-state index contributed by atoms with van der Waals surface area (Å²) in [5, 5.41) is 0. The SMILES string of the molecule is Cc1nc(-c2ccc(F)cc2)c2c(n1)[C@@H]1CCC[C@H](C2)N1C(=O)c1cccc(C(F)(F)F)c1C. The topological polar surface area (TPSA) is 46.1 Å². The maximum atomic E-state index is 13.7. The summed E-state index contributed by atoms with van der Waals surface area (Å²) in [7, 11) is 0. The second-order valence-electron chi connectivity index (χ2n) is 8.98. The van der Waals surface area contributed by atoms with Crippen LogP contribution in [0.3, 0.4) is 0 Å². The molecule has 3 heterocycles. The van der Waals surface area contributed by atoms with Crippen molar-refractivity contribution in [2.45, 2.75) is 57.8 Å². The Bertz CT molecular complexity index is 1270. The number of rotatable bonds is 2. The lowest BCUT2D eigenvalue weighted by atomic mass is 9.80. The van der Waals surface area contributed by atoms with Gasteiger partial charge in [0.15, 0.2) is 0 Å². The van der Waals surface area contributed by atoms with E-state index in [0.717, 1.165) is 41.4 Å². The van der Waals surface area contributed by atoms with Gasteiger partial charge in [-0.3, -0.25) is 4.79 Å². The molecule has 4 nitrogen and oxygen atoms in total. The number of hydrogen-bond acceptors (Lipinski definition) is 3. The number of aromatic nitrogens is 2. The van der Waals surface area contributed by atoms with Crippen molar-refractivity contribution in [2.24, 2.45) is 0 Å². The van der Waals surface area contributed by atoms with Crippen LogP contribution in [0.25, 0.3) is 11.3 Å². The molecule has 5 rings (SSSR count). The molecular weight excluding hydrogens is 446 g/mol. The van der Waals surface area contributed by atoms with E-state index in [1.807, 2.05) is 0 Å². The smallest absolute Gasteiger partial charge is 0.327 e. The Morgan fingerprint density at radius 2 is 1.76 bits per heavy atom. The van der Waals surface area contributed by atoms with Crippen LogP contribution in [0.2, 0.25) is 0 Å². The minimum absolute atomic E-state index is 0.0604. The summed E-state index contributed by atoms with van der Waals surface area (Å²) in [4.78, 5) is 24.7. The van der Waals surface area contributed by atoms with E-state index >= 15 is 0 Å². The summed E-state index contributed by atoms with van der Waals surface area (Å²) >= 11 is 0. The first kappa shape index (κ1) is 22.5. The number of carbonyl (C=O) groups excluding carboxylic acids is 1. The van der Waals surface area contributed by atoms with E-state index in [4.69, 9.17) is 0 Å². The third kappa shape index (κ3) is 3.75. The molecule has 1 amide bonds. The molecule has 1 saturated heterocycles. The highest BCUT2D eigenvalue weighted by molar-refractivity contribution is 5.97. The molecule has 176 valence electrons. The standard InChI is InChI=1S/C26H23F4N3O/c1-14-19(6-4-7-21(14)26(28,29)30)25(34)33-18-5-3-8-22(33)24-20(13-18)23(31-15(2)32-24)16-9-11-17(27)12-10-16/h4,6-7,9-12,18,22H,3,5,8,13H2,1-2H3/t18-,22+/m1/s1. The second-order valence-corrected chi connectivity index (χ2v) is 8.98. The molecule has 3 aromatic rings. The Kier molecular flexibility index (Phi) is 5.41. The highest BCUT2D eigenvalue weighted by Crippen LogP contribution is 2.45. The van der Waals surface area contributed by atoms with Crippen molar-refractivity contribution in [1.82, 2.24) is 14.9 Å². The molecule has 2 bridgehead atoms. The zero-order valence-electron chi connectivity index (χ0n) is 18.8. The molecule has 1 aromatic heterocycles. The number of aryl methyl sites for hydroxylation is 1. The summed E-state index contributed by atoms with van der Waals surface area (Å²) in [5.74, 6) is -0.207. The Labute approximate surface area is 194 Å². The van der Waals surface area contributed by atoms with Crippen molar-refractivity contribution in [2.75, 3.05) is 0 Å². The number of halogens is 4. The number of alkyl halides is 3. The van der Waals surface area contributed by atoms with E-state index in [9.17, 15) is 22.4 Å². The van der Waals surface area contributed by atoms with Crippen LogP contribution in [-0.2, 0) is 12.6 Å². The molecule has 0 N–H and O–H groups in total. The monoisotopic (exact) mass is 469 g/mol. The van der Waals surface area contributed by atoms with E-state index in [0.29, 0.717) is 18.7 Å². The number of piperidine rings is 1. The van der Waals surface area contributed by atoms with E-state index in [-0.39, 0.29) is 29.0 Å². The van der Waals surface area contributed by atoms with E-state index in [2.05, 4.69) is 9.97 Å². The van der Waals surface area contributed by atoms with Gasteiger partial charge in [0, 0.05) is 22.7 Å². The van der Waals surface area contributed by atoms with Gasteiger partial charge in [-0.15, -0.1) is 0 Å². The fourth-order valence-electron chi connectivity index (χ4n) is 5.35. The van der Waals surface area contributed by atoms with Crippen molar-refractivity contribution in [1.29, 1.82) is 0 Å². The zero-order chi connectivity index (χ0) is 24.2. The molecule has 0 aliphatic carbocycles. The first-order valence-corrected chi connectivity index (χ1v) is 11.3. The van der Waals surface area contributed by atoms with Crippen LogP contribution in [0.1, 0.15) is 63.9 Å². The van der Waals surface area contributed by atoms with Crippen molar-refractivity contribution < 1.29 is 22.4 Å². The number of amides is 1. The average molecular weight is 469 g/mol. The predicted molar refractivity (Wildman–Crippen MR) is 119 cm³/mol. The Morgan fingerprint density at radius 3 is 2.47 bits per heavy atom. The summed E-state index contributed by atoms with van der Waals surface area (Å²) in [5.41, 5.74) is 2.38. The number of carbonyl (C=O) groups is 1. The molecule has 2 aromatic carbocycles. The van der Waals surface area contributed by atoms with E-state index in [1.165, 1.54) is 31.2 Å². The van der Waals surface area contributed by atoms with Gasteiger partial charge in [0.05, 0.1) is 23.0 Å². The van der Waals surface area contributed by atoms with Crippen LogP contribution in [0.15, 0.2) is 42.5 Å². The minimum atomic E-state index is -4.53. The minimum Gasteiger partial charge on any atom is -0.327 e. The molecule has 0 spiro atoms. The van der Waals surface area contributed by atoms with Crippen molar-refractivity contribution >= 4 is 5.91 Å². The molecule has 0 saturated carbocycles. The number of fused-ring (bicyclic) bond motifs is 4. The quantitative estimate of drug-likeness (QED) is 0.419. The lowest BCUT2D eigenvalue weighted by Crippen LogP contribution is -2.50. The summed E-state index contributed by atoms with van der Waals surface area (Å²) in [6.07, 6.45) is -1.71. The van der Waals surface area contributed by atoms with Gasteiger partial charge in [0.25, 0.3) is 5.91 Å². The number of benzene rings is 2. The Balaban J connectivity index is 1.60. The van der Waals surface area contributed by atoms with E-state index in [1.54, 1.807) is 24.0 Å². The van der Waals surface area contributed by atoms with Crippen LogP contribution in [0.5, 0.6) is 0 Å². The van der Waals surface area contributed by atoms with Gasteiger partial charge in [0.1, 0.15) is 11.6 Å². The first-order chi connectivity index (χ1) is 16.1. The van der Waals surface area contributed by atoms with Crippen LogP contribution in [0, 0.1) is 19.7 Å². The largest absolute Gasteiger partial charge is 0.416 e. The molecule has 0 radical (unpaired) electrons. The molecule has 8 heteroatoms. The average Bonchev–Trinajstić information content (AvgIpc) is 2.78. The maximum Gasteiger partial charge on any atom is 0.416 e. The van der Waals surface area contributed by atoms with Crippen molar-refractivity contribution in [3.05, 3.63) is 82.1 Å². The van der Waals surface area contributed by atoms with Gasteiger partial charge in [-0.2, -0.15) is 13.2 Å². The molecule has 2 atom stereocenters. The van der Waals surface area contributed by atoms with Crippen LogP contribution in [0.4, 0.5) is 17.6 Å². The van der Waals surface area contributed by atoms with Crippen LogP contribution >= 0.6 is 0 Å². The molecule has 2 aliphatic rings. The highest BCUT2D eigenvalue weighted by atomic mass is 19.4. The number of hydrogen-bond donors (Lipinski definition) is 0. The summed E-state index contributed by atoms with van der Waals surface area (Å²) in [6.45, 7) is 3.12. The molecule has 34 heavy (non-hydrogen) atoms. The maximum absolute atomic E-state index is 13.7. The first-order valence-electron chi connectivity index (χ1n) is 11.3. The third-order valence-electron chi connectivity index (χ3n) is 6.87. The van der Waals surface area contributed by atoms with Crippen molar-refractivity contribution in [3.63, 3.8) is 0 Å². The third-order valence-corrected chi connectivity index (χ3v) is 6.87. The van der Waals surface area contributed by atoms with Gasteiger partial charge in [-0.25, -0.2) is 14.4 Å². The van der Waals surface area contributed by atoms with Gasteiger partial charge < -0.3 is 4.90 Å². The number of nitrogens with zero attached hydrogens (tertiary/aromatic N) is 3. The Hall–Kier alpha value is -3.29. The fraction of sp³-hybridized carbons (Fsp3) is 0.346. The highest BCUT2D eigenvalue weighted by Gasteiger charge is 2.43. The Morgan fingerprint density at radius 1 is 1.03 bits per heavy atom. The lowest BCUT2D eigenvalue weighted by molar-refractivity contribution is -0.138. The molecule has 1 fully saturated rings. The zero-order valence-corrected chi connectivity index (χ0v) is 18.8. The normalized spacial score (nSPS) is 19.6.